The number of halogens is 12. The maximum Gasteiger partial charge on any atom is 0.390 e. The Balaban J connectivity index is 1.06. The minimum atomic E-state index is -5.99. The van der Waals surface area contributed by atoms with E-state index in [2.05, 4.69) is 20.0 Å². The molecule has 2 aromatic rings. The van der Waals surface area contributed by atoms with Crippen LogP contribution in [0.15, 0.2) is 114 Å². The molecule has 0 bridgehead atoms. The monoisotopic (exact) mass is 1070 g/mol. The lowest BCUT2D eigenvalue weighted by Crippen LogP contribution is -2.89. The fourth-order valence-electron chi connectivity index (χ4n) is 8.89. The first-order valence-corrected chi connectivity index (χ1v) is 23.6. The van der Waals surface area contributed by atoms with Crippen LogP contribution < -0.4 is 10.1 Å². The van der Waals surface area contributed by atoms with Crippen LogP contribution in [0.5, 0.6) is 5.75 Å². The predicted octanol–water partition coefficient (Wildman–Crippen LogP) is 13.2. The smallest absolute Gasteiger partial charge is 0.390 e. The standard InChI is InChI=1S/C52H51F12N3O8/c1-9-41(5,10-2)29-72-49(61)45(53,54)47(57,58)51(49,63)74-43(7)23-13-15-31(21-25-43)65-38(68)35-20-18-33(28-37(35)66-71)73-50(62)46(55,56)48(59,60)52(50,64)75-44(8)24-14-16-32(22-26-44)67-39(69)34-19-17-30(27-36(34)40(67)70)42(6,11-3)12-4/h13-28H,9-12,29H2,1-8H3,(H,65,68). The van der Waals surface area contributed by atoms with Crippen LogP contribution in [0, 0.1) is 10.3 Å². The zero-order chi connectivity index (χ0) is 56.0. The van der Waals surface area contributed by atoms with Gasteiger partial charge in [0.05, 0.1) is 29.0 Å². The van der Waals surface area contributed by atoms with Crippen LogP contribution in [0.4, 0.5) is 58.4 Å². The topological polar surface area (TPSA) is 133 Å². The number of amides is 3. The van der Waals surface area contributed by atoms with E-state index in [4.69, 9.17) is 9.47 Å². The Bertz CT molecular complexity index is 2900. The normalized spacial score (nSPS) is 31.1. The Morgan fingerprint density at radius 1 is 0.640 bits per heavy atom. The molecule has 2 fully saturated rings. The molecule has 1 aliphatic heterocycles. The number of alkyl halides is 12. The molecule has 7 rings (SSSR count). The first-order chi connectivity index (χ1) is 34.6. The number of nitrogens with one attached hydrogen (secondary N) is 1. The van der Waals surface area contributed by atoms with Crippen molar-refractivity contribution in [1.29, 1.82) is 0 Å². The van der Waals surface area contributed by atoms with E-state index in [1.54, 1.807) is 26.0 Å². The quantitative estimate of drug-likeness (QED) is 0.0886. The van der Waals surface area contributed by atoms with Gasteiger partial charge in [0.15, 0.2) is 0 Å². The predicted molar refractivity (Wildman–Crippen MR) is 246 cm³/mol. The zero-order valence-electron chi connectivity index (χ0n) is 41.5. The van der Waals surface area contributed by atoms with E-state index in [9.17, 15) is 36.9 Å². The second-order valence-corrected chi connectivity index (χ2v) is 20.0. The highest BCUT2D eigenvalue weighted by molar-refractivity contribution is 6.22. The summed E-state index contributed by atoms with van der Waals surface area (Å²) in [7, 11) is 0. The van der Waals surface area contributed by atoms with Gasteiger partial charge in [0.25, 0.3) is 17.7 Å². The summed E-state index contributed by atoms with van der Waals surface area (Å²) in [5.74, 6) is -48.3. The summed E-state index contributed by atoms with van der Waals surface area (Å²) in [6.07, 6.45) is 11.0. The molecule has 11 nitrogen and oxygen atoms in total. The van der Waals surface area contributed by atoms with Gasteiger partial charge in [-0.25, -0.2) is 4.90 Å². The maximum atomic E-state index is 16.6. The Kier molecular flexibility index (Phi) is 13.8. The van der Waals surface area contributed by atoms with Gasteiger partial charge in [0.1, 0.15) is 22.6 Å². The van der Waals surface area contributed by atoms with Crippen molar-refractivity contribution in [1.82, 2.24) is 10.2 Å². The highest BCUT2D eigenvalue weighted by Gasteiger charge is 3.03. The number of hydrogen-bond donors (Lipinski definition) is 1. The van der Waals surface area contributed by atoms with Crippen LogP contribution >= 0.6 is 0 Å². The first kappa shape index (κ1) is 56.7. The maximum absolute atomic E-state index is 16.6. The molecule has 0 radical (unpaired) electrons. The Morgan fingerprint density at radius 2 is 1.16 bits per heavy atom. The number of imide groups is 1. The molecule has 3 amide bonds. The molecule has 2 saturated carbocycles. The molecule has 23 heteroatoms. The van der Waals surface area contributed by atoms with E-state index < -0.39 is 105 Å². The summed E-state index contributed by atoms with van der Waals surface area (Å²) in [6.45, 7) is 11.4. The van der Waals surface area contributed by atoms with Crippen molar-refractivity contribution in [2.75, 3.05) is 6.61 Å². The van der Waals surface area contributed by atoms with Crippen molar-refractivity contribution in [3.8, 4) is 5.75 Å². The van der Waals surface area contributed by atoms with Gasteiger partial charge in [0, 0.05) is 11.8 Å². The molecule has 1 heterocycles. The van der Waals surface area contributed by atoms with E-state index in [1.165, 1.54) is 13.0 Å². The van der Waals surface area contributed by atoms with Gasteiger partial charge in [-0.2, -0.15) is 52.7 Å². The minimum absolute atomic E-state index is 0.0438. The van der Waals surface area contributed by atoms with Crippen LogP contribution in [0.3, 0.4) is 0 Å². The van der Waals surface area contributed by atoms with Gasteiger partial charge >= 0.3 is 47.1 Å². The van der Waals surface area contributed by atoms with Crippen molar-refractivity contribution in [2.45, 2.75) is 145 Å². The number of nitrogens with zero attached hydrogens (tertiary/aromatic N) is 2. The third kappa shape index (κ3) is 8.19. The molecule has 5 aliphatic rings. The number of ether oxygens (including phenoxy) is 4. The van der Waals surface area contributed by atoms with E-state index in [-0.39, 0.29) is 40.8 Å². The number of hydrogen-bond acceptors (Lipinski definition) is 9. The van der Waals surface area contributed by atoms with Gasteiger partial charge in [-0.15, -0.1) is 4.91 Å². The molecule has 0 aromatic heterocycles. The summed E-state index contributed by atoms with van der Waals surface area (Å²) >= 11 is 0. The van der Waals surface area contributed by atoms with Crippen molar-refractivity contribution in [3.05, 3.63) is 136 Å². The molecule has 406 valence electrons. The largest absolute Gasteiger partial charge is 0.448 e. The summed E-state index contributed by atoms with van der Waals surface area (Å²) < 4.78 is 204. The van der Waals surface area contributed by atoms with Gasteiger partial charge in [0.2, 0.25) is 0 Å². The lowest BCUT2D eigenvalue weighted by atomic mass is 9.75. The van der Waals surface area contributed by atoms with Gasteiger partial charge in [-0.05, 0) is 134 Å². The summed E-state index contributed by atoms with van der Waals surface area (Å²) in [6, 6.07) is 6.18. The average Bonchev–Trinajstić information content (AvgIpc) is 3.49. The molecular weight excluding hydrogens is 1020 g/mol. The third-order valence-corrected chi connectivity index (χ3v) is 15.1. The van der Waals surface area contributed by atoms with Crippen LogP contribution in [0.25, 0.3) is 0 Å². The summed E-state index contributed by atoms with van der Waals surface area (Å²) in [5.41, 5.74) is -7.77. The first-order valence-electron chi connectivity index (χ1n) is 23.6. The van der Waals surface area contributed by atoms with Gasteiger partial charge < -0.3 is 24.3 Å². The highest BCUT2D eigenvalue weighted by Crippen LogP contribution is 2.71. The van der Waals surface area contributed by atoms with Crippen LogP contribution in [0.1, 0.15) is 118 Å². The van der Waals surface area contributed by atoms with Crippen molar-refractivity contribution in [2.24, 2.45) is 10.6 Å². The van der Waals surface area contributed by atoms with E-state index in [0.29, 0.717) is 31.0 Å². The molecule has 1 N–H and O–H groups in total. The van der Waals surface area contributed by atoms with Crippen molar-refractivity contribution in [3.63, 3.8) is 0 Å². The molecule has 75 heavy (non-hydrogen) atoms. The number of benzene rings is 2. The Morgan fingerprint density at radius 3 is 1.72 bits per heavy atom. The molecule has 0 spiro atoms. The fourth-order valence-corrected chi connectivity index (χ4v) is 8.89. The SMILES string of the molecule is CCC(C)(CC)COC1(F)C(F)(F)C(F)(F)C1(F)OC1(C)C=CC=C(NC(=O)c2ccc(OC3(F)C(F)(F)C(F)(F)C3(F)OC3(C)C=CC=C(N4C(=O)c5ccc(C(C)(CC)CC)cc5C4=O)C=C3)cc2N=O)C=C1. The van der Waals surface area contributed by atoms with E-state index in [1.807, 2.05) is 20.8 Å². The second-order valence-electron chi connectivity index (χ2n) is 20.0. The Hall–Kier alpha value is -6.07. The number of rotatable bonds is 18. The highest BCUT2D eigenvalue weighted by atomic mass is 19.3. The van der Waals surface area contributed by atoms with E-state index in [0.717, 1.165) is 85.1 Å². The van der Waals surface area contributed by atoms with Crippen LogP contribution in [-0.4, -0.2) is 87.5 Å². The third-order valence-electron chi connectivity index (χ3n) is 15.1. The van der Waals surface area contributed by atoms with Crippen LogP contribution in [-0.2, 0) is 19.6 Å². The number of carbonyl (C=O) groups excluding carboxylic acids is 3. The van der Waals surface area contributed by atoms with Crippen LogP contribution in [0.2, 0.25) is 0 Å². The lowest BCUT2D eigenvalue weighted by molar-refractivity contribution is -0.563. The molecule has 0 saturated heterocycles. The molecule has 6 unspecified atom stereocenters. The molecule has 6 atom stereocenters. The zero-order valence-corrected chi connectivity index (χ0v) is 41.5. The molecule has 4 aliphatic carbocycles. The summed E-state index contributed by atoms with van der Waals surface area (Å²) in [4.78, 5) is 53.2. The number of fused-ring (bicyclic) bond motifs is 1. The number of carbonyl (C=O) groups is 3. The fraction of sp³-hybridized carbons (Fsp3) is 0.481. The molecule has 2 aromatic carbocycles. The van der Waals surface area contributed by atoms with Crippen molar-refractivity contribution >= 4 is 23.4 Å². The Labute approximate surface area is 422 Å². The minimum Gasteiger partial charge on any atom is -0.448 e. The van der Waals surface area contributed by atoms with Crippen molar-refractivity contribution < 1.29 is 86.0 Å². The van der Waals surface area contributed by atoms with E-state index >= 15 is 35.1 Å². The number of allylic oxidation sites excluding steroid dienone is 6. The second kappa shape index (κ2) is 18.3. The van der Waals surface area contributed by atoms with Gasteiger partial charge in [-0.1, -0.05) is 59.8 Å². The number of nitroso groups, excluding NO2 is 1. The summed E-state index contributed by atoms with van der Waals surface area (Å²) in [5, 5.41) is 4.75. The molecular formula is C52H51F12N3O8. The van der Waals surface area contributed by atoms with Gasteiger partial charge in [-0.3, -0.25) is 14.4 Å². The lowest BCUT2D eigenvalue weighted by Gasteiger charge is -2.58. The average molecular weight is 1070 g/mol.